The summed E-state index contributed by atoms with van der Waals surface area (Å²) in [6.45, 7) is 2.59. The first-order valence-corrected chi connectivity index (χ1v) is 7.71. The summed E-state index contributed by atoms with van der Waals surface area (Å²) in [6, 6.07) is 3.67. The highest BCUT2D eigenvalue weighted by Crippen LogP contribution is 2.20. The van der Waals surface area contributed by atoms with Gasteiger partial charge in [-0.25, -0.2) is 0 Å². The molecule has 0 fully saturated rings. The maximum atomic E-state index is 11.5. The Bertz CT molecular complexity index is 409. The van der Waals surface area contributed by atoms with Crippen LogP contribution in [0.3, 0.4) is 0 Å². The topological polar surface area (TPSA) is 55.4 Å². The number of thiophene rings is 1. The number of nitrogens with one attached hydrogen (secondary N) is 1. The van der Waals surface area contributed by atoms with Crippen LogP contribution in [0.15, 0.2) is 12.1 Å². The van der Waals surface area contributed by atoms with Gasteiger partial charge in [0.1, 0.15) is 0 Å². The molecule has 7 heteroatoms. The molecule has 0 unspecified atom stereocenters. The molecule has 1 aromatic rings. The van der Waals surface area contributed by atoms with Gasteiger partial charge in [0.05, 0.1) is 29.0 Å². The summed E-state index contributed by atoms with van der Waals surface area (Å²) in [5.74, 6) is 0.0541. The zero-order valence-electron chi connectivity index (χ0n) is 9.90. The van der Waals surface area contributed by atoms with Crippen LogP contribution in [0.5, 0.6) is 0 Å². The quantitative estimate of drug-likeness (QED) is 0.785. The SMILES string of the molecule is CCOC(=O)CSCC(=O)NCc1ccc(Cl)s1. The van der Waals surface area contributed by atoms with Crippen LogP contribution in [-0.2, 0) is 20.9 Å². The van der Waals surface area contributed by atoms with Crippen molar-refractivity contribution < 1.29 is 14.3 Å². The van der Waals surface area contributed by atoms with Crippen LogP contribution in [-0.4, -0.2) is 30.0 Å². The molecule has 0 bridgehead atoms. The molecule has 0 aliphatic heterocycles. The zero-order chi connectivity index (χ0) is 13.4. The van der Waals surface area contributed by atoms with Crippen molar-refractivity contribution in [2.24, 2.45) is 0 Å². The van der Waals surface area contributed by atoms with Crippen LogP contribution in [0.2, 0.25) is 4.34 Å². The minimum absolute atomic E-state index is 0.103. The van der Waals surface area contributed by atoms with Crippen molar-refractivity contribution in [3.8, 4) is 0 Å². The summed E-state index contributed by atoms with van der Waals surface area (Å²) in [5, 5.41) is 2.76. The molecule has 0 atom stereocenters. The van der Waals surface area contributed by atoms with Crippen LogP contribution < -0.4 is 5.32 Å². The average molecular weight is 308 g/mol. The number of hydrogen-bond donors (Lipinski definition) is 1. The molecule has 100 valence electrons. The van der Waals surface area contributed by atoms with E-state index in [4.69, 9.17) is 16.3 Å². The maximum Gasteiger partial charge on any atom is 0.315 e. The van der Waals surface area contributed by atoms with Crippen LogP contribution in [0.1, 0.15) is 11.8 Å². The summed E-state index contributed by atoms with van der Waals surface area (Å²) in [4.78, 5) is 23.5. The molecule has 1 amide bonds. The van der Waals surface area contributed by atoms with E-state index in [-0.39, 0.29) is 23.4 Å². The summed E-state index contributed by atoms with van der Waals surface area (Å²) in [7, 11) is 0. The fraction of sp³-hybridized carbons (Fsp3) is 0.455. The van der Waals surface area contributed by atoms with Crippen molar-refractivity contribution in [1.82, 2.24) is 5.32 Å². The first-order valence-electron chi connectivity index (χ1n) is 5.36. The standard InChI is InChI=1S/C11H14ClNO3S2/c1-2-16-11(15)7-17-6-10(14)13-5-8-3-4-9(12)18-8/h3-4H,2,5-7H2,1H3,(H,13,14). The van der Waals surface area contributed by atoms with Gasteiger partial charge in [0.15, 0.2) is 0 Å². The van der Waals surface area contributed by atoms with Gasteiger partial charge in [0.25, 0.3) is 0 Å². The van der Waals surface area contributed by atoms with Crippen molar-refractivity contribution in [2.45, 2.75) is 13.5 Å². The molecule has 0 radical (unpaired) electrons. The number of amides is 1. The van der Waals surface area contributed by atoms with Crippen LogP contribution in [0, 0.1) is 0 Å². The molecule has 0 saturated carbocycles. The van der Waals surface area contributed by atoms with Crippen LogP contribution >= 0.6 is 34.7 Å². The number of rotatable bonds is 7. The highest BCUT2D eigenvalue weighted by atomic mass is 35.5. The summed E-state index contributed by atoms with van der Waals surface area (Å²) in [5.41, 5.74) is 0. The van der Waals surface area contributed by atoms with Crippen LogP contribution in [0.25, 0.3) is 0 Å². The lowest BCUT2D eigenvalue weighted by molar-refractivity contribution is -0.139. The first kappa shape index (κ1) is 15.3. The molecular weight excluding hydrogens is 294 g/mol. The largest absolute Gasteiger partial charge is 0.465 e. The number of carbonyl (C=O) groups excluding carboxylic acids is 2. The van der Waals surface area contributed by atoms with Gasteiger partial charge in [-0.2, -0.15) is 0 Å². The molecule has 0 aromatic carbocycles. The molecule has 0 saturated heterocycles. The molecule has 4 nitrogen and oxygen atoms in total. The highest BCUT2D eigenvalue weighted by molar-refractivity contribution is 8.00. The predicted octanol–water partition coefficient (Wildman–Crippen LogP) is 2.31. The first-order chi connectivity index (χ1) is 8.61. The van der Waals surface area contributed by atoms with Gasteiger partial charge in [-0.1, -0.05) is 11.6 Å². The summed E-state index contributed by atoms with van der Waals surface area (Å²) < 4.78 is 5.46. The van der Waals surface area contributed by atoms with Gasteiger partial charge in [-0.3, -0.25) is 9.59 Å². The Balaban J connectivity index is 2.12. The second-order valence-corrected chi connectivity index (χ2v) is 6.07. The predicted molar refractivity (Wildman–Crippen MR) is 75.1 cm³/mol. The van der Waals surface area contributed by atoms with Gasteiger partial charge >= 0.3 is 5.97 Å². The van der Waals surface area contributed by atoms with E-state index in [1.54, 1.807) is 13.0 Å². The molecule has 1 heterocycles. The minimum atomic E-state index is -0.291. The third kappa shape index (κ3) is 6.28. The normalized spacial score (nSPS) is 10.1. The third-order valence-electron chi connectivity index (χ3n) is 1.85. The number of hydrogen-bond acceptors (Lipinski definition) is 5. The van der Waals surface area contributed by atoms with Gasteiger partial charge in [0.2, 0.25) is 5.91 Å². The Morgan fingerprint density at radius 1 is 1.44 bits per heavy atom. The van der Waals surface area contributed by atoms with E-state index < -0.39 is 0 Å². The summed E-state index contributed by atoms with van der Waals surface area (Å²) in [6.07, 6.45) is 0. The monoisotopic (exact) mass is 307 g/mol. The van der Waals surface area contributed by atoms with Gasteiger partial charge in [-0.15, -0.1) is 23.1 Å². The molecule has 0 aliphatic carbocycles. The van der Waals surface area contributed by atoms with E-state index in [1.807, 2.05) is 6.07 Å². The number of esters is 1. The fourth-order valence-corrected chi connectivity index (χ4v) is 2.78. The number of carbonyl (C=O) groups is 2. The van der Waals surface area contributed by atoms with E-state index in [0.717, 1.165) is 4.88 Å². The Morgan fingerprint density at radius 2 is 2.22 bits per heavy atom. The number of thioether (sulfide) groups is 1. The Morgan fingerprint density at radius 3 is 2.83 bits per heavy atom. The highest BCUT2D eigenvalue weighted by Gasteiger charge is 2.06. The average Bonchev–Trinajstić information content (AvgIpc) is 2.73. The van der Waals surface area contributed by atoms with Crippen molar-refractivity contribution in [3.63, 3.8) is 0 Å². The molecule has 0 spiro atoms. The smallest absolute Gasteiger partial charge is 0.315 e. The number of halogens is 1. The van der Waals surface area contributed by atoms with Crippen molar-refractivity contribution >= 4 is 46.6 Å². The van der Waals surface area contributed by atoms with E-state index >= 15 is 0 Å². The maximum absolute atomic E-state index is 11.5. The molecule has 1 aromatic heterocycles. The van der Waals surface area contributed by atoms with Gasteiger partial charge in [-0.05, 0) is 19.1 Å². The molecule has 1 rings (SSSR count). The van der Waals surface area contributed by atoms with E-state index in [0.29, 0.717) is 17.5 Å². The fourth-order valence-electron chi connectivity index (χ4n) is 1.11. The lowest BCUT2D eigenvalue weighted by Crippen LogP contribution is -2.24. The minimum Gasteiger partial charge on any atom is -0.465 e. The zero-order valence-corrected chi connectivity index (χ0v) is 12.3. The van der Waals surface area contributed by atoms with Gasteiger partial charge < -0.3 is 10.1 Å². The van der Waals surface area contributed by atoms with Crippen LogP contribution in [0.4, 0.5) is 0 Å². The van der Waals surface area contributed by atoms with Crippen molar-refractivity contribution in [2.75, 3.05) is 18.1 Å². The Labute approximate surface area is 119 Å². The number of ether oxygens (including phenoxy) is 1. The van der Waals surface area contributed by atoms with Crippen molar-refractivity contribution in [1.29, 1.82) is 0 Å². The molecular formula is C11H14ClNO3S2. The second kappa shape index (κ2) is 8.39. The third-order valence-corrected chi connectivity index (χ3v) is 3.98. The lowest BCUT2D eigenvalue weighted by Gasteiger charge is -2.03. The molecule has 0 aliphatic rings. The summed E-state index contributed by atoms with van der Waals surface area (Å²) >= 11 is 8.45. The van der Waals surface area contributed by atoms with E-state index in [2.05, 4.69) is 5.32 Å². The Hall–Kier alpha value is -0.720. The molecule has 1 N–H and O–H groups in total. The van der Waals surface area contributed by atoms with Gasteiger partial charge in [0, 0.05) is 4.88 Å². The second-order valence-electron chi connectivity index (χ2n) is 3.28. The molecule has 18 heavy (non-hydrogen) atoms. The van der Waals surface area contributed by atoms with E-state index in [1.165, 1.54) is 23.1 Å². The van der Waals surface area contributed by atoms with E-state index in [9.17, 15) is 9.59 Å². The Kier molecular flexibility index (Phi) is 7.15. The lowest BCUT2D eigenvalue weighted by atomic mass is 10.4. The van der Waals surface area contributed by atoms with Crippen molar-refractivity contribution in [3.05, 3.63) is 21.3 Å².